The van der Waals surface area contributed by atoms with Crippen molar-refractivity contribution < 1.29 is 0 Å². The molecule has 0 spiro atoms. The van der Waals surface area contributed by atoms with E-state index in [4.69, 9.17) is 4.91 Å². The van der Waals surface area contributed by atoms with Crippen molar-refractivity contribution in [2.75, 3.05) is 13.1 Å². The lowest BCUT2D eigenvalue weighted by Crippen LogP contribution is -2.48. The molecule has 0 aromatic carbocycles. The molecule has 0 aliphatic carbocycles. The van der Waals surface area contributed by atoms with E-state index in [9.17, 15) is 0 Å². The standard InChI is InChI=1S/C6H12N2.HNO/c1-2-6-4-7-3-5(1)8-6;1-2/h5-8H,1-4H2;1H. The maximum absolute atomic E-state index is 7.50. The quantitative estimate of drug-likeness (QED) is 0.419. The van der Waals surface area contributed by atoms with Crippen LogP contribution in [0.15, 0.2) is 0 Å². The van der Waals surface area contributed by atoms with Gasteiger partial charge < -0.3 is 10.6 Å². The van der Waals surface area contributed by atoms with Gasteiger partial charge in [-0.05, 0) is 12.8 Å². The molecule has 2 bridgehead atoms. The maximum atomic E-state index is 7.50. The van der Waals surface area contributed by atoms with Crippen LogP contribution in [0.5, 0.6) is 0 Å². The molecule has 2 fully saturated rings. The van der Waals surface area contributed by atoms with E-state index in [0.29, 0.717) is 0 Å². The summed E-state index contributed by atoms with van der Waals surface area (Å²) in [7, 11) is 0. The summed E-state index contributed by atoms with van der Waals surface area (Å²) in [4.78, 5) is 7.50. The summed E-state index contributed by atoms with van der Waals surface area (Å²) in [6, 6.07) is 1.60. The van der Waals surface area contributed by atoms with Crippen LogP contribution in [0, 0.1) is 10.5 Å². The Kier molecular flexibility index (Phi) is 2.77. The van der Waals surface area contributed by atoms with E-state index >= 15 is 0 Å². The molecule has 2 aliphatic heterocycles. The summed E-state index contributed by atoms with van der Waals surface area (Å²) in [5.41, 5.74) is 4.50. The molecule has 0 radical (unpaired) electrons. The first-order valence-corrected chi connectivity index (χ1v) is 3.62. The normalized spacial score (nSPS) is 36.4. The number of hydrogen-bond acceptors (Lipinski definition) is 4. The summed E-state index contributed by atoms with van der Waals surface area (Å²) >= 11 is 0. The molecule has 0 aromatic heterocycles. The van der Waals surface area contributed by atoms with Gasteiger partial charge in [-0.2, -0.15) is 4.91 Å². The van der Waals surface area contributed by atoms with E-state index in [1.165, 1.54) is 25.9 Å². The molecular weight excluding hydrogens is 130 g/mol. The molecule has 0 aromatic rings. The van der Waals surface area contributed by atoms with Gasteiger partial charge in [-0.3, -0.25) is 0 Å². The summed E-state index contributed by atoms with van der Waals surface area (Å²) in [6.07, 6.45) is 2.77. The van der Waals surface area contributed by atoms with Gasteiger partial charge in [0.25, 0.3) is 0 Å². The largest absolute Gasteiger partial charge is 0.314 e. The van der Waals surface area contributed by atoms with E-state index < -0.39 is 0 Å². The van der Waals surface area contributed by atoms with E-state index in [1.807, 2.05) is 0 Å². The molecule has 58 valence electrons. The third-order valence-corrected chi connectivity index (χ3v) is 2.12. The van der Waals surface area contributed by atoms with Crippen LogP contribution in [-0.4, -0.2) is 25.2 Å². The SMILES string of the molecule is C1CC2CNCC1N2.N=O. The van der Waals surface area contributed by atoms with Crippen molar-refractivity contribution in [3.05, 3.63) is 4.91 Å². The molecule has 4 nitrogen and oxygen atoms in total. The zero-order valence-electron chi connectivity index (χ0n) is 5.89. The van der Waals surface area contributed by atoms with E-state index in [-0.39, 0.29) is 0 Å². The van der Waals surface area contributed by atoms with Crippen LogP contribution in [0.25, 0.3) is 0 Å². The molecule has 2 aliphatic rings. The smallest absolute Gasteiger partial charge is 0.0196 e. The third-order valence-electron chi connectivity index (χ3n) is 2.12. The predicted molar refractivity (Wildman–Crippen MR) is 38.9 cm³/mol. The van der Waals surface area contributed by atoms with E-state index in [0.717, 1.165) is 12.1 Å². The van der Waals surface area contributed by atoms with Crippen molar-refractivity contribution in [3.63, 3.8) is 0 Å². The van der Waals surface area contributed by atoms with Crippen LogP contribution in [0.3, 0.4) is 0 Å². The van der Waals surface area contributed by atoms with Crippen LogP contribution in [0.2, 0.25) is 0 Å². The molecule has 2 heterocycles. The highest BCUT2D eigenvalue weighted by Gasteiger charge is 2.26. The fourth-order valence-electron chi connectivity index (χ4n) is 1.66. The van der Waals surface area contributed by atoms with Gasteiger partial charge in [0.15, 0.2) is 0 Å². The van der Waals surface area contributed by atoms with E-state index in [1.54, 1.807) is 0 Å². The van der Waals surface area contributed by atoms with Crippen molar-refractivity contribution in [1.29, 1.82) is 5.59 Å². The van der Waals surface area contributed by atoms with Gasteiger partial charge in [-0.1, -0.05) is 5.59 Å². The fourth-order valence-corrected chi connectivity index (χ4v) is 1.66. The van der Waals surface area contributed by atoms with Crippen molar-refractivity contribution in [1.82, 2.24) is 10.6 Å². The average molecular weight is 143 g/mol. The highest BCUT2D eigenvalue weighted by molar-refractivity contribution is 4.90. The number of nitroso groups, excluding NO2 is 1. The zero-order chi connectivity index (χ0) is 7.40. The van der Waals surface area contributed by atoms with Gasteiger partial charge >= 0.3 is 0 Å². The lowest BCUT2D eigenvalue weighted by Gasteiger charge is -2.21. The highest BCUT2D eigenvalue weighted by Crippen LogP contribution is 2.13. The molecule has 2 rings (SSSR count). The molecule has 0 saturated carbocycles. The van der Waals surface area contributed by atoms with Gasteiger partial charge in [0.05, 0.1) is 0 Å². The molecule has 2 saturated heterocycles. The molecule has 3 N–H and O–H groups in total. The topological polar surface area (TPSA) is 65.0 Å². The van der Waals surface area contributed by atoms with Crippen molar-refractivity contribution in [2.24, 2.45) is 0 Å². The lowest BCUT2D eigenvalue weighted by atomic mass is 10.2. The number of rotatable bonds is 0. The minimum Gasteiger partial charge on any atom is -0.314 e. The van der Waals surface area contributed by atoms with Crippen LogP contribution in [0.1, 0.15) is 12.8 Å². The Balaban J connectivity index is 0.000000231. The third kappa shape index (κ3) is 1.52. The number of fused-ring (bicyclic) bond motifs is 2. The Morgan fingerprint density at radius 2 is 1.60 bits per heavy atom. The summed E-state index contributed by atoms with van der Waals surface area (Å²) in [6.45, 7) is 2.38. The van der Waals surface area contributed by atoms with Gasteiger partial charge in [0.1, 0.15) is 0 Å². The Labute approximate surface area is 60.1 Å². The lowest BCUT2D eigenvalue weighted by molar-refractivity contribution is 0.423. The van der Waals surface area contributed by atoms with Crippen LogP contribution in [-0.2, 0) is 0 Å². The van der Waals surface area contributed by atoms with Crippen LogP contribution in [0.4, 0.5) is 0 Å². The summed E-state index contributed by atoms with van der Waals surface area (Å²) < 4.78 is 0. The molecule has 10 heavy (non-hydrogen) atoms. The van der Waals surface area contributed by atoms with Crippen LogP contribution < -0.4 is 10.6 Å². The fraction of sp³-hybridized carbons (Fsp3) is 1.00. The Morgan fingerprint density at radius 1 is 1.10 bits per heavy atom. The van der Waals surface area contributed by atoms with Crippen molar-refractivity contribution in [3.8, 4) is 0 Å². The number of hydrogen-bond donors (Lipinski definition) is 3. The predicted octanol–water partition coefficient (Wildman–Crippen LogP) is 0.0418. The molecular formula is C6H13N3O. The zero-order valence-corrected chi connectivity index (χ0v) is 5.89. The number of piperazine rings is 1. The molecule has 0 amide bonds. The number of nitrogens with one attached hydrogen (secondary N) is 3. The van der Waals surface area contributed by atoms with Crippen LogP contribution >= 0.6 is 0 Å². The second-order valence-electron chi connectivity index (χ2n) is 2.80. The molecule has 2 atom stereocenters. The van der Waals surface area contributed by atoms with Crippen molar-refractivity contribution >= 4 is 0 Å². The van der Waals surface area contributed by atoms with Gasteiger partial charge in [0.2, 0.25) is 0 Å². The second kappa shape index (κ2) is 3.63. The monoisotopic (exact) mass is 143 g/mol. The Morgan fingerprint density at radius 3 is 2.00 bits per heavy atom. The Bertz CT molecular complexity index is 95.2. The van der Waals surface area contributed by atoms with Gasteiger partial charge in [-0.25, -0.2) is 0 Å². The second-order valence-corrected chi connectivity index (χ2v) is 2.80. The molecule has 4 heteroatoms. The maximum Gasteiger partial charge on any atom is 0.0196 e. The first-order valence-electron chi connectivity index (χ1n) is 3.62. The van der Waals surface area contributed by atoms with Gasteiger partial charge in [0, 0.05) is 25.2 Å². The molecule has 2 unspecified atom stereocenters. The minimum absolute atomic E-state index is 0.800. The Hall–Kier alpha value is -0.480. The first-order chi connectivity index (χ1) is 4.95. The summed E-state index contributed by atoms with van der Waals surface area (Å²) in [5.74, 6) is 0. The highest BCUT2D eigenvalue weighted by atomic mass is 16.2. The van der Waals surface area contributed by atoms with Crippen molar-refractivity contribution in [2.45, 2.75) is 24.9 Å². The first kappa shape index (κ1) is 7.63. The minimum atomic E-state index is 0.800. The summed E-state index contributed by atoms with van der Waals surface area (Å²) in [5, 5.41) is 6.91. The average Bonchev–Trinajstić information content (AvgIpc) is 2.35. The van der Waals surface area contributed by atoms with E-state index in [2.05, 4.69) is 16.2 Å². The van der Waals surface area contributed by atoms with Gasteiger partial charge in [-0.15, -0.1) is 0 Å².